The van der Waals surface area contributed by atoms with Gasteiger partial charge in [-0.05, 0) is 45.1 Å². The second-order valence-corrected chi connectivity index (χ2v) is 12.1. The fraction of sp³-hybridized carbons (Fsp3) is 0.611. The molecule has 1 aromatic rings. The van der Waals surface area contributed by atoms with E-state index in [9.17, 15) is 28.8 Å². The van der Waals surface area contributed by atoms with Gasteiger partial charge in [0, 0.05) is 37.8 Å². The molecule has 1 aliphatic heterocycles. The molecule has 0 fully saturated rings. The summed E-state index contributed by atoms with van der Waals surface area (Å²) in [6.45, 7) is 7.59. The van der Waals surface area contributed by atoms with Crippen LogP contribution in [-0.4, -0.2) is 69.4 Å². The summed E-state index contributed by atoms with van der Waals surface area (Å²) in [5, 5.41) is 0. The Bertz CT molecular complexity index is 1360. The Labute approximate surface area is 287 Å². The van der Waals surface area contributed by atoms with Crippen LogP contribution in [0.1, 0.15) is 113 Å². The van der Waals surface area contributed by atoms with Crippen molar-refractivity contribution in [3.05, 3.63) is 33.9 Å². The third-order valence-corrected chi connectivity index (χ3v) is 8.10. The van der Waals surface area contributed by atoms with Crippen LogP contribution in [0.25, 0.3) is 0 Å². The van der Waals surface area contributed by atoms with Crippen LogP contribution < -0.4 is 9.47 Å². The number of carbonyl (C=O) groups excluding carboxylic acids is 6. The summed E-state index contributed by atoms with van der Waals surface area (Å²) in [6.07, 6.45) is 6.53. The summed E-state index contributed by atoms with van der Waals surface area (Å²) in [6, 6.07) is 0. The van der Waals surface area contributed by atoms with E-state index in [0.717, 1.165) is 36.8 Å². The minimum Gasteiger partial charge on any atom is -0.496 e. The maximum absolute atomic E-state index is 13.0. The maximum atomic E-state index is 13.0. The Hall–Kier alpha value is -4.42. The molecule has 49 heavy (non-hydrogen) atoms. The minimum absolute atomic E-state index is 0.0642. The van der Waals surface area contributed by atoms with Crippen LogP contribution in [-0.2, 0) is 60.7 Å². The van der Waals surface area contributed by atoms with Gasteiger partial charge in [0.15, 0.2) is 11.9 Å². The maximum Gasteiger partial charge on any atom is 0.342 e. The SMILES string of the molecule is COC(=O)CC/C(C)=C/Cc1c(OC)c(C)c2c(c1OC(=O)CCCCCCCC(C)C(=O)OC(COC(C)=O)COC(C)=O)C(=O)OC2. The molecule has 1 unspecified atom stereocenters. The van der Waals surface area contributed by atoms with Gasteiger partial charge in [0.25, 0.3) is 0 Å². The van der Waals surface area contributed by atoms with Crippen molar-refractivity contribution in [2.45, 2.75) is 112 Å². The van der Waals surface area contributed by atoms with Gasteiger partial charge in [-0.3, -0.25) is 24.0 Å². The van der Waals surface area contributed by atoms with E-state index in [2.05, 4.69) is 0 Å². The van der Waals surface area contributed by atoms with E-state index in [1.807, 2.05) is 19.9 Å². The first-order valence-corrected chi connectivity index (χ1v) is 16.6. The molecule has 0 amide bonds. The van der Waals surface area contributed by atoms with Crippen molar-refractivity contribution in [1.29, 1.82) is 0 Å². The smallest absolute Gasteiger partial charge is 0.342 e. The lowest BCUT2D eigenvalue weighted by molar-refractivity contribution is -0.168. The Balaban J connectivity index is 1.91. The number of unbranched alkanes of at least 4 members (excludes halogenated alkanes) is 4. The van der Waals surface area contributed by atoms with Gasteiger partial charge in [0.1, 0.15) is 31.1 Å². The van der Waals surface area contributed by atoms with Crippen molar-refractivity contribution in [2.24, 2.45) is 5.92 Å². The van der Waals surface area contributed by atoms with Crippen LogP contribution in [0, 0.1) is 12.8 Å². The predicted molar refractivity (Wildman–Crippen MR) is 176 cm³/mol. The van der Waals surface area contributed by atoms with E-state index in [1.165, 1.54) is 28.1 Å². The largest absolute Gasteiger partial charge is 0.496 e. The van der Waals surface area contributed by atoms with E-state index < -0.39 is 41.9 Å². The van der Waals surface area contributed by atoms with Gasteiger partial charge in [-0.1, -0.05) is 44.3 Å². The summed E-state index contributed by atoms with van der Waals surface area (Å²) in [4.78, 5) is 72.1. The first-order valence-electron chi connectivity index (χ1n) is 16.6. The Morgan fingerprint density at radius 2 is 1.47 bits per heavy atom. The zero-order valence-corrected chi connectivity index (χ0v) is 29.7. The molecule has 0 saturated carbocycles. The number of rotatable bonds is 21. The lowest BCUT2D eigenvalue weighted by Gasteiger charge is -2.19. The van der Waals surface area contributed by atoms with Gasteiger partial charge in [-0.2, -0.15) is 0 Å². The molecule has 0 aromatic heterocycles. The van der Waals surface area contributed by atoms with Crippen molar-refractivity contribution >= 4 is 35.8 Å². The highest BCUT2D eigenvalue weighted by atomic mass is 16.6. The second-order valence-electron chi connectivity index (χ2n) is 12.1. The normalized spacial score (nSPS) is 12.9. The van der Waals surface area contributed by atoms with Crippen LogP contribution in [0.15, 0.2) is 11.6 Å². The molecule has 0 bridgehead atoms. The Morgan fingerprint density at radius 1 is 0.837 bits per heavy atom. The van der Waals surface area contributed by atoms with Gasteiger partial charge < -0.3 is 33.2 Å². The minimum atomic E-state index is -0.884. The molecule has 1 aromatic carbocycles. The van der Waals surface area contributed by atoms with E-state index in [4.69, 9.17) is 33.2 Å². The van der Waals surface area contributed by atoms with Crippen molar-refractivity contribution in [1.82, 2.24) is 0 Å². The third-order valence-electron chi connectivity index (χ3n) is 8.10. The number of allylic oxidation sites excluding steroid dienone is 2. The van der Waals surface area contributed by atoms with Gasteiger partial charge in [-0.15, -0.1) is 0 Å². The van der Waals surface area contributed by atoms with Crippen molar-refractivity contribution in [2.75, 3.05) is 27.4 Å². The quantitative estimate of drug-likeness (QED) is 0.0527. The molecular formula is C36H50O13. The van der Waals surface area contributed by atoms with Crippen molar-refractivity contribution < 1.29 is 61.9 Å². The first kappa shape index (κ1) is 40.8. The second kappa shape index (κ2) is 20.8. The summed E-state index contributed by atoms with van der Waals surface area (Å²) in [7, 11) is 2.86. The van der Waals surface area contributed by atoms with E-state index in [1.54, 1.807) is 6.92 Å². The molecule has 0 radical (unpaired) electrons. The Kier molecular flexibility index (Phi) is 17.3. The fourth-order valence-electron chi connectivity index (χ4n) is 5.25. The number of hydrogen-bond donors (Lipinski definition) is 0. The molecule has 272 valence electrons. The highest BCUT2D eigenvalue weighted by Crippen LogP contribution is 2.43. The van der Waals surface area contributed by atoms with Crippen LogP contribution in [0.3, 0.4) is 0 Å². The van der Waals surface area contributed by atoms with Gasteiger partial charge >= 0.3 is 35.8 Å². The zero-order chi connectivity index (χ0) is 36.5. The number of benzene rings is 1. The Morgan fingerprint density at radius 3 is 2.08 bits per heavy atom. The lowest BCUT2D eigenvalue weighted by Crippen LogP contribution is -2.32. The molecule has 2 rings (SSSR count). The van der Waals surface area contributed by atoms with Gasteiger partial charge in [-0.25, -0.2) is 4.79 Å². The van der Waals surface area contributed by atoms with Crippen LogP contribution in [0.5, 0.6) is 11.5 Å². The third kappa shape index (κ3) is 13.5. The zero-order valence-electron chi connectivity index (χ0n) is 29.7. The van der Waals surface area contributed by atoms with Crippen molar-refractivity contribution in [3.63, 3.8) is 0 Å². The number of carbonyl (C=O) groups is 6. The van der Waals surface area contributed by atoms with Gasteiger partial charge in [0.05, 0.1) is 20.1 Å². The molecule has 0 spiro atoms. The van der Waals surface area contributed by atoms with Crippen LogP contribution in [0.4, 0.5) is 0 Å². The number of cyclic esters (lactones) is 1. The standard InChI is InChI=1S/C36H50O13/c1-22(16-18-30(39)43-6)15-17-28-33(44-7)24(3)29-21-47-36(42)32(29)34(28)49-31(40)14-12-10-8-9-11-13-23(2)35(41)48-27(19-45-25(4)37)20-46-26(5)38/h15,23,27H,8-14,16-21H2,1-7H3/b22-15+. The summed E-state index contributed by atoms with van der Waals surface area (Å²) < 4.78 is 36.8. The highest BCUT2D eigenvalue weighted by Gasteiger charge is 2.34. The summed E-state index contributed by atoms with van der Waals surface area (Å²) >= 11 is 0. The predicted octanol–water partition coefficient (Wildman–Crippen LogP) is 5.43. The number of hydrogen-bond acceptors (Lipinski definition) is 13. The molecule has 0 aliphatic carbocycles. The van der Waals surface area contributed by atoms with Gasteiger partial charge in [0.2, 0.25) is 0 Å². The average Bonchev–Trinajstić information content (AvgIpc) is 3.45. The molecule has 0 N–H and O–H groups in total. The van der Waals surface area contributed by atoms with E-state index in [-0.39, 0.29) is 49.9 Å². The lowest BCUT2D eigenvalue weighted by atomic mass is 9.94. The number of fused-ring (bicyclic) bond motifs is 1. The molecule has 1 aliphatic rings. The molecule has 13 heteroatoms. The van der Waals surface area contributed by atoms with Crippen molar-refractivity contribution in [3.8, 4) is 11.5 Å². The number of esters is 6. The van der Waals surface area contributed by atoms with E-state index >= 15 is 0 Å². The van der Waals surface area contributed by atoms with Crippen LogP contribution in [0.2, 0.25) is 0 Å². The molecular weight excluding hydrogens is 640 g/mol. The summed E-state index contributed by atoms with van der Waals surface area (Å²) in [5.74, 6) is -2.64. The van der Waals surface area contributed by atoms with Crippen LogP contribution >= 0.6 is 0 Å². The highest BCUT2D eigenvalue weighted by molar-refractivity contribution is 5.99. The fourth-order valence-corrected chi connectivity index (χ4v) is 5.25. The topological polar surface area (TPSA) is 167 Å². The van der Waals surface area contributed by atoms with E-state index in [0.29, 0.717) is 42.6 Å². The number of methoxy groups -OCH3 is 2. The first-order chi connectivity index (χ1) is 23.3. The molecule has 13 nitrogen and oxygen atoms in total. The summed E-state index contributed by atoms with van der Waals surface area (Å²) in [5.41, 5.74) is 3.09. The molecule has 0 saturated heterocycles. The average molecular weight is 691 g/mol. The molecule has 1 heterocycles. The molecule has 1 atom stereocenters. The monoisotopic (exact) mass is 690 g/mol. The number of ether oxygens (including phenoxy) is 7.